The molecular weight excluding hydrogens is 432 g/mol. The highest BCUT2D eigenvalue weighted by Gasteiger charge is 2.33. The van der Waals surface area contributed by atoms with E-state index in [4.69, 9.17) is 11.6 Å². The molecule has 8 nitrogen and oxygen atoms in total. The summed E-state index contributed by atoms with van der Waals surface area (Å²) in [6.07, 6.45) is -2.71. The van der Waals surface area contributed by atoms with Crippen molar-refractivity contribution in [1.29, 1.82) is 0 Å². The number of alkyl halides is 3. The van der Waals surface area contributed by atoms with Gasteiger partial charge in [0.05, 0.1) is 17.8 Å². The second-order valence-electron chi connectivity index (χ2n) is 6.09. The lowest BCUT2D eigenvalue weighted by Crippen LogP contribution is -2.30. The Hall–Kier alpha value is -3.54. The first-order valence-electron chi connectivity index (χ1n) is 8.20. The van der Waals surface area contributed by atoms with Gasteiger partial charge in [0.2, 0.25) is 5.91 Å². The Morgan fingerprint density at radius 2 is 1.93 bits per heavy atom. The van der Waals surface area contributed by atoms with Crippen LogP contribution < -0.4 is 10.9 Å². The lowest BCUT2D eigenvalue weighted by atomic mass is 10.2. The molecule has 0 aliphatic heterocycles. The summed E-state index contributed by atoms with van der Waals surface area (Å²) in [5.74, 6) is -1.26. The minimum Gasteiger partial charge on any atom is -0.309 e. The number of hydrogen-bond acceptors (Lipinski definition) is 5. The molecule has 4 aromatic heterocycles. The first-order chi connectivity index (χ1) is 14.1. The van der Waals surface area contributed by atoms with E-state index in [2.05, 4.69) is 20.4 Å². The van der Waals surface area contributed by atoms with Gasteiger partial charge in [-0.3, -0.25) is 14.2 Å². The third-order valence-corrected chi connectivity index (χ3v) is 4.36. The van der Waals surface area contributed by atoms with Crippen LogP contribution >= 0.6 is 11.6 Å². The Morgan fingerprint density at radius 3 is 2.60 bits per heavy atom. The van der Waals surface area contributed by atoms with Crippen LogP contribution in [-0.4, -0.2) is 30.1 Å². The summed E-state index contributed by atoms with van der Waals surface area (Å²) in [6, 6.07) is 3.92. The number of rotatable bonds is 3. The van der Waals surface area contributed by atoms with Gasteiger partial charge in [-0.2, -0.15) is 22.8 Å². The maximum Gasteiger partial charge on any atom is 0.433 e. The highest BCUT2D eigenvalue weighted by molar-refractivity contribution is 6.33. The van der Waals surface area contributed by atoms with E-state index in [1.807, 2.05) is 0 Å². The fraction of sp³-hybridized carbons (Fsp3) is 0.118. The van der Waals surface area contributed by atoms with Crippen molar-refractivity contribution in [3.63, 3.8) is 0 Å². The van der Waals surface area contributed by atoms with Gasteiger partial charge < -0.3 is 5.32 Å². The van der Waals surface area contributed by atoms with Crippen LogP contribution in [-0.2, 0) is 17.5 Å². The molecule has 4 heterocycles. The topological polar surface area (TPSA) is 94.2 Å². The molecule has 1 N–H and O–H groups in total. The number of anilines is 1. The second kappa shape index (κ2) is 7.06. The van der Waals surface area contributed by atoms with Crippen molar-refractivity contribution in [1.82, 2.24) is 24.1 Å². The zero-order chi connectivity index (χ0) is 21.6. The van der Waals surface area contributed by atoms with Gasteiger partial charge in [-0.05, 0) is 24.3 Å². The normalized spacial score (nSPS) is 11.9. The van der Waals surface area contributed by atoms with Crippen molar-refractivity contribution >= 4 is 40.0 Å². The predicted molar refractivity (Wildman–Crippen MR) is 97.6 cm³/mol. The lowest BCUT2D eigenvalue weighted by molar-refractivity contribution is -0.141. The van der Waals surface area contributed by atoms with Crippen LogP contribution in [0.15, 0.2) is 41.5 Å². The van der Waals surface area contributed by atoms with E-state index in [0.717, 1.165) is 33.6 Å². The summed E-state index contributed by atoms with van der Waals surface area (Å²) in [5, 5.41) is 6.01. The molecule has 0 bridgehead atoms. The van der Waals surface area contributed by atoms with Gasteiger partial charge in [-0.1, -0.05) is 11.6 Å². The largest absolute Gasteiger partial charge is 0.433 e. The summed E-state index contributed by atoms with van der Waals surface area (Å²) < 4.78 is 53.9. The molecule has 0 atom stereocenters. The number of carbonyl (C=O) groups excluding carboxylic acids is 1. The third-order valence-electron chi connectivity index (χ3n) is 4.09. The minimum atomic E-state index is -4.73. The molecule has 0 saturated carbocycles. The molecule has 154 valence electrons. The molecule has 0 aliphatic carbocycles. The van der Waals surface area contributed by atoms with E-state index in [-0.39, 0.29) is 27.5 Å². The Labute approximate surface area is 168 Å². The number of fused-ring (bicyclic) bond motifs is 3. The summed E-state index contributed by atoms with van der Waals surface area (Å²) in [7, 11) is 0. The van der Waals surface area contributed by atoms with Crippen LogP contribution in [0.1, 0.15) is 5.69 Å². The zero-order valence-electron chi connectivity index (χ0n) is 14.6. The molecule has 0 fully saturated rings. The van der Waals surface area contributed by atoms with Crippen molar-refractivity contribution in [3.8, 4) is 0 Å². The predicted octanol–water partition coefficient (Wildman–Crippen LogP) is 2.89. The maximum absolute atomic E-state index is 13.0. The maximum atomic E-state index is 13.0. The molecule has 0 aliphatic rings. The second-order valence-corrected chi connectivity index (χ2v) is 6.50. The van der Waals surface area contributed by atoms with E-state index in [9.17, 15) is 27.2 Å². The Kier molecular flexibility index (Phi) is 4.65. The molecule has 4 aromatic rings. The van der Waals surface area contributed by atoms with Gasteiger partial charge in [-0.15, -0.1) is 0 Å². The number of nitrogens with zero attached hydrogens (tertiary/aromatic N) is 5. The van der Waals surface area contributed by atoms with Crippen molar-refractivity contribution < 1.29 is 22.4 Å². The minimum absolute atomic E-state index is 0.0438. The average molecular weight is 441 g/mol. The highest BCUT2D eigenvalue weighted by atomic mass is 35.5. The average Bonchev–Trinajstić information content (AvgIpc) is 3.07. The van der Waals surface area contributed by atoms with Crippen LogP contribution in [0.5, 0.6) is 0 Å². The van der Waals surface area contributed by atoms with Gasteiger partial charge >= 0.3 is 6.18 Å². The van der Waals surface area contributed by atoms with E-state index in [1.54, 1.807) is 0 Å². The summed E-state index contributed by atoms with van der Waals surface area (Å²) >= 11 is 6.06. The smallest absolute Gasteiger partial charge is 0.309 e. The Morgan fingerprint density at radius 1 is 1.17 bits per heavy atom. The molecule has 0 spiro atoms. The van der Waals surface area contributed by atoms with E-state index in [1.165, 1.54) is 6.07 Å². The summed E-state index contributed by atoms with van der Waals surface area (Å²) in [5.41, 5.74) is -2.46. The molecular formula is C17H9ClF4N6O2. The van der Waals surface area contributed by atoms with Crippen molar-refractivity contribution in [3.05, 3.63) is 63.5 Å². The summed E-state index contributed by atoms with van der Waals surface area (Å²) in [4.78, 5) is 32.4. The van der Waals surface area contributed by atoms with E-state index < -0.39 is 35.7 Å². The number of pyridine rings is 2. The van der Waals surface area contributed by atoms with Crippen LogP contribution in [0.25, 0.3) is 16.7 Å². The first kappa shape index (κ1) is 19.8. The van der Waals surface area contributed by atoms with Crippen LogP contribution in [0.4, 0.5) is 23.4 Å². The Balaban J connectivity index is 1.82. The van der Waals surface area contributed by atoms with Crippen molar-refractivity contribution in [2.45, 2.75) is 12.7 Å². The summed E-state index contributed by atoms with van der Waals surface area (Å²) in [6.45, 7) is -0.552. The van der Waals surface area contributed by atoms with Crippen LogP contribution in [0, 0.1) is 5.82 Å². The van der Waals surface area contributed by atoms with Crippen LogP contribution in [0.3, 0.4) is 0 Å². The van der Waals surface area contributed by atoms with Crippen molar-refractivity contribution in [2.75, 3.05) is 5.32 Å². The van der Waals surface area contributed by atoms with Gasteiger partial charge in [0, 0.05) is 0 Å². The van der Waals surface area contributed by atoms with Crippen molar-refractivity contribution in [2.24, 2.45) is 0 Å². The molecule has 0 aromatic carbocycles. The van der Waals surface area contributed by atoms with Gasteiger partial charge in [0.25, 0.3) is 5.56 Å². The number of carbonyl (C=O) groups is 1. The highest BCUT2D eigenvalue weighted by Crippen LogP contribution is 2.29. The van der Waals surface area contributed by atoms with Gasteiger partial charge in [0.15, 0.2) is 11.3 Å². The number of aromatic nitrogens is 5. The molecule has 0 unspecified atom stereocenters. The number of amides is 1. The fourth-order valence-corrected chi connectivity index (χ4v) is 3.04. The zero-order valence-corrected chi connectivity index (χ0v) is 15.4. The molecule has 13 heteroatoms. The molecule has 1 amide bonds. The number of nitrogens with one attached hydrogen (secondary N) is 1. The third kappa shape index (κ3) is 3.45. The molecule has 0 saturated heterocycles. The molecule has 0 radical (unpaired) electrons. The van der Waals surface area contributed by atoms with E-state index >= 15 is 0 Å². The first-order valence-corrected chi connectivity index (χ1v) is 8.58. The molecule has 30 heavy (non-hydrogen) atoms. The van der Waals surface area contributed by atoms with Crippen LogP contribution in [0.2, 0.25) is 5.02 Å². The van der Waals surface area contributed by atoms with E-state index in [0.29, 0.717) is 6.07 Å². The lowest BCUT2D eigenvalue weighted by Gasteiger charge is -2.12. The standard InChI is InChI=1S/C17H9ClF4N6O2/c18-10-6-24-28-14-9(2-3-11(25-14)17(20,21)22)16(30)27(15(10)28)7-13(29)26-12-4-1-8(19)5-23-12/h1-6H,7H2,(H,23,26,29). The SMILES string of the molecule is O=C(Cn1c(=O)c2ccc(C(F)(F)F)nc2n2ncc(Cl)c12)Nc1ccc(F)cn1. The van der Waals surface area contributed by atoms with Gasteiger partial charge in [0.1, 0.15) is 28.9 Å². The number of halogens is 5. The monoisotopic (exact) mass is 440 g/mol. The quantitative estimate of drug-likeness (QED) is 0.494. The molecule has 4 rings (SSSR count). The number of hydrogen-bond donors (Lipinski definition) is 1. The fourth-order valence-electron chi connectivity index (χ4n) is 2.82. The Bertz CT molecular complexity index is 1350. The van der Waals surface area contributed by atoms with Gasteiger partial charge in [-0.25, -0.2) is 14.4 Å².